The Morgan fingerprint density at radius 3 is 2.77 bits per heavy atom. The van der Waals surface area contributed by atoms with Crippen molar-refractivity contribution in [2.45, 2.75) is 63.3 Å². The molecule has 2 aliphatic carbocycles. The molecule has 138 valence electrons. The summed E-state index contributed by atoms with van der Waals surface area (Å²) in [5.74, 6) is -1.39. The number of rotatable bonds is 2. The minimum Gasteiger partial charge on any atom is -0.458 e. The lowest BCUT2D eigenvalue weighted by Crippen LogP contribution is -2.45. The van der Waals surface area contributed by atoms with Crippen LogP contribution >= 0.6 is 0 Å². The zero-order valence-electron chi connectivity index (χ0n) is 15.3. The summed E-state index contributed by atoms with van der Waals surface area (Å²) >= 11 is 0. The van der Waals surface area contributed by atoms with Crippen LogP contribution in [0.3, 0.4) is 0 Å². The normalized spacial score (nSPS) is 50.6. The van der Waals surface area contributed by atoms with Crippen LogP contribution in [0.1, 0.15) is 27.7 Å². The average Bonchev–Trinajstić information content (AvgIpc) is 3.45. The quantitative estimate of drug-likeness (QED) is 0.324. The molecular formula is C20H22O6. The fraction of sp³-hybridized carbons (Fsp3) is 0.600. The molecule has 4 fully saturated rings. The lowest BCUT2D eigenvalue weighted by molar-refractivity contribution is -0.147. The van der Waals surface area contributed by atoms with Crippen molar-refractivity contribution in [1.29, 1.82) is 0 Å². The smallest absolute Gasteiger partial charge is 0.334 e. The van der Waals surface area contributed by atoms with Crippen molar-refractivity contribution >= 4 is 11.9 Å². The number of ether oxygens (including phenoxy) is 4. The molecule has 0 unspecified atom stereocenters. The van der Waals surface area contributed by atoms with E-state index in [0.717, 1.165) is 5.57 Å². The molecule has 5 aliphatic rings. The molecular weight excluding hydrogens is 336 g/mol. The Bertz CT molecular complexity index is 824. The van der Waals surface area contributed by atoms with Gasteiger partial charge in [-0.3, -0.25) is 0 Å². The largest absolute Gasteiger partial charge is 0.458 e. The molecule has 3 saturated heterocycles. The van der Waals surface area contributed by atoms with Gasteiger partial charge in [0.2, 0.25) is 0 Å². The van der Waals surface area contributed by atoms with Gasteiger partial charge in [-0.1, -0.05) is 12.7 Å². The predicted octanol–water partition coefficient (Wildman–Crippen LogP) is 1.85. The molecule has 6 heteroatoms. The van der Waals surface area contributed by atoms with E-state index in [0.29, 0.717) is 11.1 Å². The first-order valence-electron chi connectivity index (χ1n) is 9.04. The van der Waals surface area contributed by atoms with Gasteiger partial charge >= 0.3 is 11.9 Å². The fourth-order valence-electron chi connectivity index (χ4n) is 5.31. The lowest BCUT2D eigenvalue weighted by Gasteiger charge is -2.32. The van der Waals surface area contributed by atoms with Crippen molar-refractivity contribution in [3.63, 3.8) is 0 Å². The summed E-state index contributed by atoms with van der Waals surface area (Å²) in [6, 6.07) is 0. The maximum atomic E-state index is 12.4. The zero-order valence-corrected chi connectivity index (χ0v) is 15.3. The molecule has 0 N–H and O–H groups in total. The van der Waals surface area contributed by atoms with E-state index in [-0.39, 0.29) is 23.7 Å². The van der Waals surface area contributed by atoms with Gasteiger partial charge in [0.15, 0.2) is 0 Å². The Morgan fingerprint density at radius 2 is 2.08 bits per heavy atom. The molecule has 26 heavy (non-hydrogen) atoms. The van der Waals surface area contributed by atoms with Crippen LogP contribution in [0.25, 0.3) is 0 Å². The highest BCUT2D eigenvalue weighted by Crippen LogP contribution is 2.73. The number of hydrogen-bond acceptors (Lipinski definition) is 6. The van der Waals surface area contributed by atoms with Gasteiger partial charge in [0.1, 0.15) is 35.6 Å². The third kappa shape index (κ3) is 1.70. The Morgan fingerprint density at radius 1 is 1.35 bits per heavy atom. The van der Waals surface area contributed by atoms with Crippen molar-refractivity contribution in [1.82, 2.24) is 0 Å². The molecule has 0 aromatic carbocycles. The van der Waals surface area contributed by atoms with Gasteiger partial charge in [0.05, 0.1) is 11.8 Å². The summed E-state index contributed by atoms with van der Waals surface area (Å²) < 4.78 is 23.5. The van der Waals surface area contributed by atoms with Gasteiger partial charge in [0.25, 0.3) is 0 Å². The highest BCUT2D eigenvalue weighted by atomic mass is 16.7. The molecule has 1 spiro atoms. The molecule has 6 nitrogen and oxygen atoms in total. The standard InChI is InChI=1S/C20H22O6/c1-6-8(2)17(21)23-11-7-9(3)20-14(13-12(11)10(4)18(22)24-13)19(5)15(25-19)16(20)26-20/h6-7,11-16H,4H2,1-3,5H3/b8-6+/t11-,12-,13+,14+,15-,16+,19+,20-/m1/s1. The van der Waals surface area contributed by atoms with E-state index in [1.807, 2.05) is 13.0 Å². The van der Waals surface area contributed by atoms with E-state index in [4.69, 9.17) is 18.9 Å². The summed E-state index contributed by atoms with van der Waals surface area (Å²) in [4.78, 5) is 24.7. The minimum absolute atomic E-state index is 0.0197. The fourth-order valence-corrected chi connectivity index (χ4v) is 5.31. The zero-order chi connectivity index (χ0) is 18.6. The van der Waals surface area contributed by atoms with Crippen LogP contribution in [0.2, 0.25) is 0 Å². The van der Waals surface area contributed by atoms with Gasteiger partial charge in [-0.05, 0) is 39.3 Å². The van der Waals surface area contributed by atoms with Crippen molar-refractivity contribution in [3.05, 3.63) is 35.5 Å². The third-order valence-electron chi connectivity index (χ3n) is 6.90. The van der Waals surface area contributed by atoms with Crippen LogP contribution in [-0.2, 0) is 28.5 Å². The van der Waals surface area contributed by atoms with E-state index in [1.54, 1.807) is 19.9 Å². The first kappa shape index (κ1) is 16.3. The van der Waals surface area contributed by atoms with E-state index >= 15 is 0 Å². The molecule has 1 saturated carbocycles. The highest BCUT2D eigenvalue weighted by Gasteiger charge is 2.89. The van der Waals surface area contributed by atoms with E-state index < -0.39 is 35.7 Å². The van der Waals surface area contributed by atoms with E-state index in [9.17, 15) is 9.59 Å². The van der Waals surface area contributed by atoms with Gasteiger partial charge in [-0.15, -0.1) is 0 Å². The number of hydrogen-bond donors (Lipinski definition) is 0. The number of epoxide rings is 2. The first-order valence-corrected chi connectivity index (χ1v) is 9.04. The second-order valence-corrected chi connectivity index (χ2v) is 8.14. The number of fused-ring (bicyclic) bond motifs is 5. The highest BCUT2D eigenvalue weighted by molar-refractivity contribution is 5.92. The van der Waals surface area contributed by atoms with Crippen LogP contribution in [0.4, 0.5) is 0 Å². The predicted molar refractivity (Wildman–Crippen MR) is 90.0 cm³/mol. The van der Waals surface area contributed by atoms with Crippen LogP contribution in [0.5, 0.6) is 0 Å². The maximum absolute atomic E-state index is 12.4. The molecule has 0 amide bonds. The molecule has 0 radical (unpaired) electrons. The summed E-state index contributed by atoms with van der Waals surface area (Å²) in [6.45, 7) is 11.5. The Kier molecular flexibility index (Phi) is 2.92. The van der Waals surface area contributed by atoms with Crippen molar-refractivity contribution < 1.29 is 28.5 Å². The second kappa shape index (κ2) is 4.67. The summed E-state index contributed by atoms with van der Waals surface area (Å²) in [5.41, 5.74) is 1.02. The first-order chi connectivity index (χ1) is 12.3. The second-order valence-electron chi connectivity index (χ2n) is 8.14. The summed E-state index contributed by atoms with van der Waals surface area (Å²) in [5, 5.41) is 0. The minimum atomic E-state index is -0.619. The number of carbonyl (C=O) groups is 2. The number of allylic oxidation sites excluding steroid dienone is 1. The Balaban J connectivity index is 1.59. The van der Waals surface area contributed by atoms with Crippen LogP contribution in [-0.4, -0.2) is 47.6 Å². The summed E-state index contributed by atoms with van der Waals surface area (Å²) in [7, 11) is 0. The van der Waals surface area contributed by atoms with Crippen LogP contribution in [0.15, 0.2) is 35.5 Å². The van der Waals surface area contributed by atoms with Crippen LogP contribution < -0.4 is 0 Å². The molecule has 3 aliphatic heterocycles. The van der Waals surface area contributed by atoms with E-state index in [1.165, 1.54) is 0 Å². The maximum Gasteiger partial charge on any atom is 0.334 e. The Labute approximate surface area is 151 Å². The van der Waals surface area contributed by atoms with Crippen molar-refractivity contribution in [3.8, 4) is 0 Å². The molecule has 0 bridgehead atoms. The van der Waals surface area contributed by atoms with Gasteiger partial charge in [0, 0.05) is 11.1 Å². The Hall–Kier alpha value is -1.92. The molecule has 8 atom stereocenters. The number of esters is 2. The lowest BCUT2D eigenvalue weighted by atomic mass is 9.76. The molecule has 5 rings (SSSR count). The topological polar surface area (TPSA) is 77.7 Å². The van der Waals surface area contributed by atoms with Crippen molar-refractivity contribution in [2.75, 3.05) is 0 Å². The average molecular weight is 358 g/mol. The van der Waals surface area contributed by atoms with E-state index in [2.05, 4.69) is 13.5 Å². The number of carbonyl (C=O) groups excluding carboxylic acids is 2. The molecule has 3 heterocycles. The van der Waals surface area contributed by atoms with Gasteiger partial charge < -0.3 is 18.9 Å². The molecule has 0 aromatic heterocycles. The van der Waals surface area contributed by atoms with Gasteiger partial charge in [-0.2, -0.15) is 0 Å². The SMILES string of the molecule is C=C1C(=O)O[C@H]2[C@H]1[C@H](OC(=O)/C(C)=C/C)C=C(C)[C@]13O[C@H]1[C@H]1O[C@@]1(C)[C@H]23. The molecule has 0 aromatic rings. The summed E-state index contributed by atoms with van der Waals surface area (Å²) in [6.07, 6.45) is 2.54. The third-order valence-corrected chi connectivity index (χ3v) is 6.90. The van der Waals surface area contributed by atoms with Crippen LogP contribution in [0, 0.1) is 11.8 Å². The monoisotopic (exact) mass is 358 g/mol. The van der Waals surface area contributed by atoms with Gasteiger partial charge in [-0.25, -0.2) is 9.59 Å². The van der Waals surface area contributed by atoms with Crippen molar-refractivity contribution in [2.24, 2.45) is 11.8 Å².